The molecule has 3 nitrogen and oxygen atoms in total. The van der Waals surface area contributed by atoms with Crippen molar-refractivity contribution in [2.24, 2.45) is 0 Å². The van der Waals surface area contributed by atoms with Crippen LogP contribution in [0.25, 0.3) is 0 Å². The molecule has 1 N–H and O–H groups in total. The second-order valence-corrected chi connectivity index (χ2v) is 5.74. The summed E-state index contributed by atoms with van der Waals surface area (Å²) in [6, 6.07) is 16.4. The van der Waals surface area contributed by atoms with E-state index in [9.17, 15) is 5.11 Å². The molecule has 0 unspecified atom stereocenters. The minimum atomic E-state index is 0.157. The molecule has 0 radical (unpaired) electrons. The minimum Gasteiger partial charge on any atom is -0.496 e. The van der Waals surface area contributed by atoms with Gasteiger partial charge in [0.05, 0.1) is 18.2 Å². The van der Waals surface area contributed by atoms with Gasteiger partial charge in [-0.25, -0.2) is 0 Å². The van der Waals surface area contributed by atoms with Crippen LogP contribution in [0.15, 0.2) is 53.0 Å². The highest BCUT2D eigenvalue weighted by molar-refractivity contribution is 9.10. The third-order valence-corrected chi connectivity index (χ3v) is 3.91. The van der Waals surface area contributed by atoms with Gasteiger partial charge in [-0.15, -0.1) is 0 Å². The van der Waals surface area contributed by atoms with Crippen LogP contribution in [0.4, 0.5) is 0 Å². The Labute approximate surface area is 134 Å². The van der Waals surface area contributed by atoms with Crippen LogP contribution in [-0.4, -0.2) is 30.3 Å². The van der Waals surface area contributed by atoms with Gasteiger partial charge in [-0.2, -0.15) is 0 Å². The number of hydrogen-bond acceptors (Lipinski definition) is 3. The van der Waals surface area contributed by atoms with E-state index in [1.807, 2.05) is 24.3 Å². The molecule has 0 bridgehead atoms. The molecule has 0 saturated carbocycles. The number of hydrogen-bond donors (Lipinski definition) is 1. The maximum Gasteiger partial charge on any atom is 0.133 e. The van der Waals surface area contributed by atoms with E-state index in [1.54, 1.807) is 7.11 Å². The van der Waals surface area contributed by atoms with E-state index in [0.29, 0.717) is 6.54 Å². The summed E-state index contributed by atoms with van der Waals surface area (Å²) in [5, 5.41) is 9.26. The second-order valence-electron chi connectivity index (χ2n) is 4.89. The number of halogens is 1. The summed E-state index contributed by atoms with van der Waals surface area (Å²) in [5.74, 6) is 0.829. The lowest BCUT2D eigenvalue weighted by molar-refractivity contribution is 0.184. The Hall–Kier alpha value is -1.36. The molecule has 0 spiro atoms. The van der Waals surface area contributed by atoms with Gasteiger partial charge in [0.1, 0.15) is 5.75 Å². The van der Waals surface area contributed by atoms with Gasteiger partial charge >= 0.3 is 0 Å². The molecule has 0 aliphatic rings. The average Bonchev–Trinajstić information content (AvgIpc) is 2.49. The summed E-state index contributed by atoms with van der Waals surface area (Å²) in [6.45, 7) is 2.42. The molecule has 2 aromatic rings. The van der Waals surface area contributed by atoms with Gasteiger partial charge in [0, 0.05) is 19.6 Å². The average molecular weight is 350 g/mol. The molecular weight excluding hydrogens is 330 g/mol. The molecule has 0 atom stereocenters. The van der Waals surface area contributed by atoms with Gasteiger partial charge in [0.2, 0.25) is 0 Å². The topological polar surface area (TPSA) is 32.7 Å². The highest BCUT2D eigenvalue weighted by Crippen LogP contribution is 2.26. The van der Waals surface area contributed by atoms with Gasteiger partial charge in [0.25, 0.3) is 0 Å². The Morgan fingerprint density at radius 2 is 1.76 bits per heavy atom. The lowest BCUT2D eigenvalue weighted by Gasteiger charge is -2.22. The van der Waals surface area contributed by atoms with E-state index in [2.05, 4.69) is 45.1 Å². The van der Waals surface area contributed by atoms with E-state index in [0.717, 1.165) is 23.3 Å². The van der Waals surface area contributed by atoms with Crippen LogP contribution < -0.4 is 4.74 Å². The second kappa shape index (κ2) is 8.17. The quantitative estimate of drug-likeness (QED) is 0.830. The first-order valence-electron chi connectivity index (χ1n) is 6.92. The van der Waals surface area contributed by atoms with Crippen LogP contribution in [0.2, 0.25) is 0 Å². The molecule has 0 saturated heterocycles. The Kier molecular flexibility index (Phi) is 6.23. The number of benzene rings is 2. The van der Waals surface area contributed by atoms with E-state index >= 15 is 0 Å². The van der Waals surface area contributed by atoms with Crippen LogP contribution >= 0.6 is 15.9 Å². The molecule has 0 aliphatic carbocycles. The van der Waals surface area contributed by atoms with Crippen molar-refractivity contribution >= 4 is 15.9 Å². The molecule has 0 amide bonds. The van der Waals surface area contributed by atoms with E-state index < -0.39 is 0 Å². The smallest absolute Gasteiger partial charge is 0.133 e. The standard InChI is InChI=1S/C17H20BrNO2/c1-21-17-8-7-15(11-16(17)18)13-19(9-10-20)12-14-5-3-2-4-6-14/h2-8,11,20H,9-10,12-13H2,1H3. The van der Waals surface area contributed by atoms with Crippen molar-refractivity contribution in [1.29, 1.82) is 0 Å². The molecule has 0 aliphatic heterocycles. The fourth-order valence-corrected chi connectivity index (χ4v) is 2.85. The molecule has 2 rings (SSSR count). The Morgan fingerprint density at radius 1 is 1.05 bits per heavy atom. The first-order valence-corrected chi connectivity index (χ1v) is 7.72. The molecule has 21 heavy (non-hydrogen) atoms. The first kappa shape index (κ1) is 16.0. The van der Waals surface area contributed by atoms with E-state index in [-0.39, 0.29) is 6.61 Å². The summed E-state index contributed by atoms with van der Waals surface area (Å²) in [6.07, 6.45) is 0. The molecular formula is C17H20BrNO2. The molecule has 0 fully saturated rings. The zero-order valence-corrected chi connectivity index (χ0v) is 13.7. The minimum absolute atomic E-state index is 0.157. The van der Waals surface area contributed by atoms with E-state index in [4.69, 9.17) is 4.74 Å². The van der Waals surface area contributed by atoms with Crippen LogP contribution in [0.5, 0.6) is 5.75 Å². The van der Waals surface area contributed by atoms with Crippen molar-refractivity contribution in [1.82, 2.24) is 4.90 Å². The fraction of sp³-hybridized carbons (Fsp3) is 0.294. The zero-order valence-electron chi connectivity index (χ0n) is 12.1. The molecule has 4 heteroatoms. The summed E-state index contributed by atoms with van der Waals surface area (Å²) in [7, 11) is 1.66. The van der Waals surface area contributed by atoms with Gasteiger partial charge < -0.3 is 9.84 Å². The summed E-state index contributed by atoms with van der Waals surface area (Å²) in [5.41, 5.74) is 2.44. The number of methoxy groups -OCH3 is 1. The van der Waals surface area contributed by atoms with Crippen LogP contribution in [0.1, 0.15) is 11.1 Å². The summed E-state index contributed by atoms with van der Waals surface area (Å²) in [4.78, 5) is 2.23. The monoisotopic (exact) mass is 349 g/mol. The van der Waals surface area contributed by atoms with Crippen LogP contribution in [-0.2, 0) is 13.1 Å². The van der Waals surface area contributed by atoms with Gasteiger partial charge in [-0.05, 0) is 39.2 Å². The van der Waals surface area contributed by atoms with Crippen LogP contribution in [0.3, 0.4) is 0 Å². The van der Waals surface area contributed by atoms with Crippen molar-refractivity contribution in [3.63, 3.8) is 0 Å². The molecule has 2 aromatic carbocycles. The maximum absolute atomic E-state index is 9.26. The fourth-order valence-electron chi connectivity index (χ4n) is 2.26. The summed E-state index contributed by atoms with van der Waals surface area (Å²) >= 11 is 3.51. The van der Waals surface area contributed by atoms with Crippen molar-refractivity contribution in [3.05, 3.63) is 64.1 Å². The largest absolute Gasteiger partial charge is 0.496 e. The number of aliphatic hydroxyl groups excluding tert-OH is 1. The maximum atomic E-state index is 9.26. The van der Waals surface area contributed by atoms with Crippen molar-refractivity contribution < 1.29 is 9.84 Å². The highest BCUT2D eigenvalue weighted by Gasteiger charge is 2.08. The van der Waals surface area contributed by atoms with Gasteiger partial charge in [-0.3, -0.25) is 4.90 Å². The Bertz CT molecular complexity index is 560. The number of rotatable bonds is 7. The van der Waals surface area contributed by atoms with Crippen molar-refractivity contribution in [2.75, 3.05) is 20.3 Å². The lowest BCUT2D eigenvalue weighted by atomic mass is 10.1. The van der Waals surface area contributed by atoms with Gasteiger partial charge in [0.15, 0.2) is 0 Å². The summed E-state index contributed by atoms with van der Waals surface area (Å²) < 4.78 is 6.20. The molecule has 0 heterocycles. The highest BCUT2D eigenvalue weighted by atomic mass is 79.9. The predicted octanol–water partition coefficient (Wildman–Crippen LogP) is 3.45. The van der Waals surface area contributed by atoms with Crippen molar-refractivity contribution in [3.8, 4) is 5.75 Å². The van der Waals surface area contributed by atoms with Crippen molar-refractivity contribution in [2.45, 2.75) is 13.1 Å². The SMILES string of the molecule is COc1ccc(CN(CCO)Cc2ccccc2)cc1Br. The van der Waals surface area contributed by atoms with E-state index in [1.165, 1.54) is 11.1 Å². The molecule has 112 valence electrons. The number of ether oxygens (including phenoxy) is 1. The lowest BCUT2D eigenvalue weighted by Crippen LogP contribution is -2.26. The third-order valence-electron chi connectivity index (χ3n) is 3.29. The number of aliphatic hydroxyl groups is 1. The Morgan fingerprint density at radius 3 is 2.38 bits per heavy atom. The molecule has 0 aromatic heterocycles. The Balaban J connectivity index is 2.07. The predicted molar refractivity (Wildman–Crippen MR) is 88.3 cm³/mol. The first-order chi connectivity index (χ1) is 10.2. The number of nitrogens with zero attached hydrogens (tertiary/aromatic N) is 1. The zero-order chi connectivity index (χ0) is 15.1. The van der Waals surface area contributed by atoms with Crippen LogP contribution in [0, 0.1) is 0 Å². The van der Waals surface area contributed by atoms with Gasteiger partial charge in [-0.1, -0.05) is 36.4 Å². The third kappa shape index (κ3) is 4.84. The normalized spacial score (nSPS) is 10.9.